The SMILES string of the molecule is C[C@H](O)C(=O)Nc1c[nH]c2ncc(Br)c(N3CCCC[C@@H]3C(C)(C)C)c12. The smallest absolute Gasteiger partial charge is 0.252 e. The van der Waals surface area contributed by atoms with E-state index in [4.69, 9.17) is 0 Å². The van der Waals surface area contributed by atoms with Crippen LogP contribution >= 0.6 is 15.9 Å². The molecule has 3 N–H and O–H groups in total. The van der Waals surface area contributed by atoms with Crippen LogP contribution in [0.2, 0.25) is 0 Å². The van der Waals surface area contributed by atoms with Gasteiger partial charge in [0.15, 0.2) is 0 Å². The Bertz CT molecular complexity index is 810. The fourth-order valence-electron chi connectivity index (χ4n) is 3.77. The third-order valence-electron chi connectivity index (χ3n) is 5.06. The lowest BCUT2D eigenvalue weighted by Crippen LogP contribution is -2.47. The lowest BCUT2D eigenvalue weighted by molar-refractivity contribution is -0.123. The van der Waals surface area contributed by atoms with Crippen molar-refractivity contribution >= 4 is 44.2 Å². The second-order valence-electron chi connectivity index (χ2n) is 8.12. The molecule has 0 unspecified atom stereocenters. The maximum absolute atomic E-state index is 12.0. The number of piperidine rings is 1. The molecule has 3 rings (SSSR count). The van der Waals surface area contributed by atoms with E-state index in [1.165, 1.54) is 13.3 Å². The van der Waals surface area contributed by atoms with Crippen molar-refractivity contribution in [1.82, 2.24) is 9.97 Å². The molecule has 142 valence electrons. The number of hydrogen-bond acceptors (Lipinski definition) is 4. The lowest BCUT2D eigenvalue weighted by atomic mass is 9.80. The Kier molecular flexibility index (Phi) is 5.30. The van der Waals surface area contributed by atoms with Crippen LogP contribution in [-0.2, 0) is 4.79 Å². The molecule has 7 heteroatoms. The number of amides is 1. The van der Waals surface area contributed by atoms with Crippen molar-refractivity contribution in [3.05, 3.63) is 16.9 Å². The Morgan fingerprint density at radius 3 is 2.85 bits per heavy atom. The zero-order valence-corrected chi connectivity index (χ0v) is 17.4. The lowest BCUT2D eigenvalue weighted by Gasteiger charge is -2.45. The molecule has 26 heavy (non-hydrogen) atoms. The second-order valence-corrected chi connectivity index (χ2v) is 8.97. The van der Waals surface area contributed by atoms with Gasteiger partial charge in [-0.05, 0) is 47.5 Å². The number of aliphatic hydroxyl groups excluding tert-OH is 1. The first-order chi connectivity index (χ1) is 12.2. The van der Waals surface area contributed by atoms with Crippen LogP contribution in [0, 0.1) is 5.41 Å². The second kappa shape index (κ2) is 7.19. The van der Waals surface area contributed by atoms with E-state index < -0.39 is 12.0 Å². The number of aromatic nitrogens is 2. The van der Waals surface area contributed by atoms with Gasteiger partial charge in [-0.25, -0.2) is 4.98 Å². The van der Waals surface area contributed by atoms with Crippen LogP contribution in [0.4, 0.5) is 11.4 Å². The maximum Gasteiger partial charge on any atom is 0.252 e. The van der Waals surface area contributed by atoms with Crippen LogP contribution in [0.15, 0.2) is 16.9 Å². The number of carbonyl (C=O) groups excluding carboxylic acids is 1. The number of hydrogen-bond donors (Lipinski definition) is 3. The molecule has 1 amide bonds. The first-order valence-electron chi connectivity index (χ1n) is 9.11. The van der Waals surface area contributed by atoms with Gasteiger partial charge in [0, 0.05) is 25.0 Å². The van der Waals surface area contributed by atoms with Gasteiger partial charge in [-0.2, -0.15) is 0 Å². The molecule has 0 aliphatic carbocycles. The van der Waals surface area contributed by atoms with Gasteiger partial charge in [0.1, 0.15) is 11.8 Å². The molecule has 0 bridgehead atoms. The van der Waals surface area contributed by atoms with E-state index in [-0.39, 0.29) is 5.41 Å². The van der Waals surface area contributed by atoms with Crippen LogP contribution < -0.4 is 10.2 Å². The monoisotopic (exact) mass is 422 g/mol. The minimum absolute atomic E-state index is 0.134. The van der Waals surface area contributed by atoms with Gasteiger partial charge in [-0.15, -0.1) is 0 Å². The summed E-state index contributed by atoms with van der Waals surface area (Å²) in [5.41, 5.74) is 2.56. The molecule has 6 nitrogen and oxygen atoms in total. The summed E-state index contributed by atoms with van der Waals surface area (Å²) in [7, 11) is 0. The van der Waals surface area contributed by atoms with Crippen molar-refractivity contribution in [2.45, 2.75) is 59.1 Å². The number of anilines is 2. The topological polar surface area (TPSA) is 81.2 Å². The van der Waals surface area contributed by atoms with Crippen molar-refractivity contribution in [1.29, 1.82) is 0 Å². The van der Waals surface area contributed by atoms with Crippen molar-refractivity contribution < 1.29 is 9.90 Å². The molecular weight excluding hydrogens is 396 g/mol. The Hall–Kier alpha value is -1.60. The molecule has 3 heterocycles. The third-order valence-corrected chi connectivity index (χ3v) is 5.64. The number of rotatable bonds is 3. The molecule has 0 saturated carbocycles. The van der Waals surface area contributed by atoms with Gasteiger partial charge in [0.25, 0.3) is 5.91 Å². The van der Waals surface area contributed by atoms with Gasteiger partial charge in [-0.1, -0.05) is 20.8 Å². The number of nitrogens with one attached hydrogen (secondary N) is 2. The standard InChI is InChI=1S/C19H27BrN4O2/c1-11(25)18(26)23-13-10-22-17-15(13)16(12(20)9-21-17)24-8-6-5-7-14(24)19(2,3)4/h9-11,14,25H,5-8H2,1-4H3,(H,21,22)(H,23,26)/t11-,14+/m0/s1. The van der Waals surface area contributed by atoms with E-state index in [2.05, 4.69) is 56.9 Å². The summed E-state index contributed by atoms with van der Waals surface area (Å²) >= 11 is 3.68. The molecule has 0 radical (unpaired) electrons. The van der Waals surface area contributed by atoms with E-state index in [0.717, 1.165) is 40.6 Å². The molecule has 0 spiro atoms. The van der Waals surface area contributed by atoms with E-state index >= 15 is 0 Å². The average molecular weight is 423 g/mol. The van der Waals surface area contributed by atoms with Crippen LogP contribution in [-0.4, -0.2) is 39.7 Å². The minimum atomic E-state index is -1.07. The highest BCUT2D eigenvalue weighted by atomic mass is 79.9. The van der Waals surface area contributed by atoms with Crippen molar-refractivity contribution in [3.63, 3.8) is 0 Å². The molecule has 1 aliphatic rings. The predicted octanol–water partition coefficient (Wildman–Crippen LogP) is 4.05. The molecular formula is C19H27BrN4O2. The van der Waals surface area contributed by atoms with Gasteiger partial charge in [-0.3, -0.25) is 4.79 Å². The Balaban J connectivity index is 2.13. The largest absolute Gasteiger partial charge is 0.384 e. The summed E-state index contributed by atoms with van der Waals surface area (Å²) in [6.07, 6.45) is 5.98. The zero-order chi connectivity index (χ0) is 19.1. The van der Waals surface area contributed by atoms with E-state index in [0.29, 0.717) is 11.7 Å². The number of H-pyrrole nitrogens is 1. The maximum atomic E-state index is 12.0. The summed E-state index contributed by atoms with van der Waals surface area (Å²) in [5.74, 6) is -0.428. The van der Waals surface area contributed by atoms with Crippen LogP contribution in [0.5, 0.6) is 0 Å². The summed E-state index contributed by atoms with van der Waals surface area (Å²) in [6, 6.07) is 0.397. The fraction of sp³-hybridized carbons (Fsp3) is 0.579. The number of halogens is 1. The van der Waals surface area contributed by atoms with Crippen molar-refractivity contribution in [2.24, 2.45) is 5.41 Å². The van der Waals surface area contributed by atoms with Gasteiger partial charge < -0.3 is 20.3 Å². The highest BCUT2D eigenvalue weighted by molar-refractivity contribution is 9.10. The number of fused-ring (bicyclic) bond motifs is 1. The fourth-order valence-corrected chi connectivity index (χ4v) is 4.30. The first-order valence-corrected chi connectivity index (χ1v) is 9.90. The summed E-state index contributed by atoms with van der Waals surface area (Å²) in [4.78, 5) is 22.1. The van der Waals surface area contributed by atoms with Crippen LogP contribution in [0.25, 0.3) is 11.0 Å². The highest BCUT2D eigenvalue weighted by Crippen LogP contribution is 2.43. The Morgan fingerprint density at radius 1 is 1.46 bits per heavy atom. The molecule has 1 aliphatic heterocycles. The molecule has 1 fully saturated rings. The number of aliphatic hydroxyl groups is 1. The number of nitrogens with zero attached hydrogens (tertiary/aromatic N) is 2. The number of aromatic amines is 1. The number of carbonyl (C=O) groups is 1. The first kappa shape index (κ1) is 19.2. The van der Waals surface area contributed by atoms with Crippen LogP contribution in [0.3, 0.4) is 0 Å². The van der Waals surface area contributed by atoms with Crippen molar-refractivity contribution in [2.75, 3.05) is 16.8 Å². The molecule has 0 aromatic carbocycles. The molecule has 1 saturated heterocycles. The predicted molar refractivity (Wildman–Crippen MR) is 109 cm³/mol. The normalized spacial score (nSPS) is 19.6. The van der Waals surface area contributed by atoms with Crippen molar-refractivity contribution in [3.8, 4) is 0 Å². The molecule has 2 aromatic heterocycles. The van der Waals surface area contributed by atoms with E-state index in [9.17, 15) is 9.90 Å². The van der Waals surface area contributed by atoms with Gasteiger partial charge in [0.2, 0.25) is 0 Å². The average Bonchev–Trinajstić information content (AvgIpc) is 2.97. The molecule has 2 aromatic rings. The number of pyridine rings is 1. The summed E-state index contributed by atoms with van der Waals surface area (Å²) in [6.45, 7) is 9.24. The summed E-state index contributed by atoms with van der Waals surface area (Å²) < 4.78 is 0.910. The molecule has 2 atom stereocenters. The van der Waals surface area contributed by atoms with E-state index in [1.807, 2.05) is 6.20 Å². The Labute approximate surface area is 162 Å². The Morgan fingerprint density at radius 2 is 2.19 bits per heavy atom. The highest BCUT2D eigenvalue weighted by Gasteiger charge is 2.35. The van der Waals surface area contributed by atoms with Gasteiger partial charge in [0.05, 0.1) is 21.2 Å². The van der Waals surface area contributed by atoms with Gasteiger partial charge >= 0.3 is 0 Å². The van der Waals surface area contributed by atoms with Crippen LogP contribution in [0.1, 0.15) is 47.0 Å². The minimum Gasteiger partial charge on any atom is -0.384 e. The zero-order valence-electron chi connectivity index (χ0n) is 15.8. The quantitative estimate of drug-likeness (QED) is 0.696. The summed E-state index contributed by atoms with van der Waals surface area (Å²) in [5, 5.41) is 13.3. The third kappa shape index (κ3) is 3.60. The van der Waals surface area contributed by atoms with E-state index in [1.54, 1.807) is 6.20 Å².